The Hall–Kier alpha value is -0.580. The molecule has 2 N–H and O–H groups in total. The maximum atomic E-state index is 6.22. The molecule has 2 atom stereocenters. The molecule has 0 fully saturated rings. The van der Waals surface area contributed by atoms with E-state index < -0.39 is 0 Å². The summed E-state index contributed by atoms with van der Waals surface area (Å²) in [6, 6.07) is 6.02. The van der Waals surface area contributed by atoms with Gasteiger partial charge in [0.05, 0.1) is 0 Å². The van der Waals surface area contributed by atoms with Crippen molar-refractivity contribution in [2.24, 2.45) is 5.73 Å². The fourth-order valence-corrected chi connectivity index (χ4v) is 2.63. The van der Waals surface area contributed by atoms with Gasteiger partial charge in [-0.15, -0.1) is 0 Å². The molecule has 0 saturated carbocycles. The van der Waals surface area contributed by atoms with Gasteiger partial charge in [-0.3, -0.25) is 0 Å². The van der Waals surface area contributed by atoms with E-state index in [1.54, 1.807) is 7.11 Å². The molecule has 1 unspecified atom stereocenters. The third kappa shape index (κ3) is 2.81. The number of rotatable bonds is 3. The summed E-state index contributed by atoms with van der Waals surface area (Å²) in [5, 5.41) is 0. The summed E-state index contributed by atoms with van der Waals surface area (Å²) in [6.07, 6.45) is 1.67. The molecule has 94 valence electrons. The number of hydrogen-bond donors (Lipinski definition) is 1. The van der Waals surface area contributed by atoms with Crippen LogP contribution in [-0.4, -0.2) is 19.3 Å². The van der Waals surface area contributed by atoms with Gasteiger partial charge >= 0.3 is 0 Å². The Bertz CT molecular complexity index is 410. The van der Waals surface area contributed by atoms with Crippen molar-refractivity contribution in [2.75, 3.05) is 13.7 Å². The van der Waals surface area contributed by atoms with Crippen LogP contribution in [-0.2, 0) is 4.74 Å². The Morgan fingerprint density at radius 1 is 1.59 bits per heavy atom. The van der Waals surface area contributed by atoms with Gasteiger partial charge in [-0.2, -0.15) is 0 Å². The molecule has 4 heteroatoms. The first kappa shape index (κ1) is 12.9. The van der Waals surface area contributed by atoms with Gasteiger partial charge in [0.2, 0.25) is 0 Å². The molecule has 1 aliphatic heterocycles. The van der Waals surface area contributed by atoms with Crippen molar-refractivity contribution in [2.45, 2.75) is 31.4 Å². The lowest BCUT2D eigenvalue weighted by Gasteiger charge is -2.38. The lowest BCUT2D eigenvalue weighted by molar-refractivity contribution is 0.0215. The molecule has 0 spiro atoms. The van der Waals surface area contributed by atoms with Crippen LogP contribution in [0, 0.1) is 0 Å². The Balaban J connectivity index is 2.23. The number of hydrogen-bond acceptors (Lipinski definition) is 3. The van der Waals surface area contributed by atoms with E-state index in [0.29, 0.717) is 6.61 Å². The highest BCUT2D eigenvalue weighted by Gasteiger charge is 2.35. The quantitative estimate of drug-likeness (QED) is 0.933. The lowest BCUT2D eigenvalue weighted by atomic mass is 9.87. The molecule has 0 aliphatic carbocycles. The number of methoxy groups -OCH3 is 1. The molecular formula is C13H18BrNO2. The van der Waals surface area contributed by atoms with E-state index in [0.717, 1.165) is 28.6 Å². The van der Waals surface area contributed by atoms with Crippen molar-refractivity contribution in [3.05, 3.63) is 28.2 Å². The lowest BCUT2D eigenvalue weighted by Crippen LogP contribution is -2.41. The minimum absolute atomic E-state index is 0.0260. The molecule has 1 aromatic carbocycles. The van der Waals surface area contributed by atoms with Gasteiger partial charge in [-0.25, -0.2) is 0 Å². The number of fused-ring (bicyclic) bond motifs is 1. The molecule has 3 nitrogen and oxygen atoms in total. The van der Waals surface area contributed by atoms with E-state index >= 15 is 0 Å². The summed E-state index contributed by atoms with van der Waals surface area (Å²) in [6.45, 7) is 2.78. The molecule has 0 radical (unpaired) electrons. The van der Waals surface area contributed by atoms with Crippen molar-refractivity contribution >= 4 is 15.9 Å². The van der Waals surface area contributed by atoms with Crippen molar-refractivity contribution in [3.8, 4) is 5.75 Å². The van der Waals surface area contributed by atoms with Crippen LogP contribution in [0.3, 0.4) is 0 Å². The van der Waals surface area contributed by atoms with E-state index in [2.05, 4.69) is 22.9 Å². The van der Waals surface area contributed by atoms with Crippen LogP contribution in [0.25, 0.3) is 0 Å². The van der Waals surface area contributed by atoms with Crippen LogP contribution in [0.15, 0.2) is 22.7 Å². The fourth-order valence-electron chi connectivity index (χ4n) is 2.26. The largest absolute Gasteiger partial charge is 0.487 e. The first-order valence-electron chi connectivity index (χ1n) is 5.77. The van der Waals surface area contributed by atoms with E-state index in [-0.39, 0.29) is 11.6 Å². The Kier molecular flexibility index (Phi) is 3.76. The first-order chi connectivity index (χ1) is 8.04. The van der Waals surface area contributed by atoms with Crippen LogP contribution in [0.5, 0.6) is 5.75 Å². The Morgan fingerprint density at radius 2 is 2.35 bits per heavy atom. The highest BCUT2D eigenvalue weighted by atomic mass is 79.9. The number of halogens is 1. The molecule has 0 amide bonds. The second-order valence-electron chi connectivity index (χ2n) is 4.79. The highest BCUT2D eigenvalue weighted by molar-refractivity contribution is 9.10. The molecule has 0 aromatic heterocycles. The summed E-state index contributed by atoms with van der Waals surface area (Å²) in [7, 11) is 1.71. The Labute approximate surface area is 110 Å². The first-order valence-corrected chi connectivity index (χ1v) is 6.56. The van der Waals surface area contributed by atoms with E-state index in [1.807, 2.05) is 18.2 Å². The zero-order valence-corrected chi connectivity index (χ0v) is 11.8. The van der Waals surface area contributed by atoms with Crippen LogP contribution in [0.1, 0.15) is 31.4 Å². The predicted molar refractivity (Wildman–Crippen MR) is 71.2 cm³/mol. The standard InChI is InChI=1S/C13H18BrNO2/c1-13(5-6-16-2)8-11(15)10-7-9(14)3-4-12(10)17-13/h3-4,7,11H,5-6,8,15H2,1-2H3/t11-,13?/m0/s1. The monoisotopic (exact) mass is 299 g/mol. The zero-order valence-electron chi connectivity index (χ0n) is 10.2. The van der Waals surface area contributed by atoms with Crippen LogP contribution in [0.2, 0.25) is 0 Å². The van der Waals surface area contributed by atoms with E-state index in [9.17, 15) is 0 Å². The smallest absolute Gasteiger partial charge is 0.124 e. The van der Waals surface area contributed by atoms with Gasteiger partial charge in [0, 0.05) is 42.6 Å². The van der Waals surface area contributed by atoms with Gasteiger partial charge < -0.3 is 15.2 Å². The topological polar surface area (TPSA) is 44.5 Å². The molecule has 2 rings (SSSR count). The zero-order chi connectivity index (χ0) is 12.5. The average molecular weight is 300 g/mol. The van der Waals surface area contributed by atoms with Crippen molar-refractivity contribution in [1.82, 2.24) is 0 Å². The number of benzene rings is 1. The molecule has 1 aliphatic rings. The van der Waals surface area contributed by atoms with Crippen molar-refractivity contribution < 1.29 is 9.47 Å². The molecule has 0 saturated heterocycles. The maximum Gasteiger partial charge on any atom is 0.124 e. The molecule has 0 bridgehead atoms. The predicted octanol–water partition coefficient (Wildman–Crippen LogP) is 3.03. The SMILES string of the molecule is COCCC1(C)C[C@H](N)c2cc(Br)ccc2O1. The van der Waals surface area contributed by atoms with Gasteiger partial charge in [0.1, 0.15) is 11.4 Å². The van der Waals surface area contributed by atoms with Gasteiger partial charge in [-0.1, -0.05) is 15.9 Å². The summed E-state index contributed by atoms with van der Waals surface area (Å²) >= 11 is 3.46. The summed E-state index contributed by atoms with van der Waals surface area (Å²) in [4.78, 5) is 0. The minimum Gasteiger partial charge on any atom is -0.487 e. The van der Waals surface area contributed by atoms with E-state index in [4.69, 9.17) is 15.2 Å². The van der Waals surface area contributed by atoms with Crippen molar-refractivity contribution in [3.63, 3.8) is 0 Å². The van der Waals surface area contributed by atoms with Gasteiger partial charge in [0.25, 0.3) is 0 Å². The number of nitrogens with two attached hydrogens (primary N) is 1. The van der Waals surface area contributed by atoms with Crippen LogP contribution < -0.4 is 10.5 Å². The fraction of sp³-hybridized carbons (Fsp3) is 0.538. The third-order valence-corrected chi connectivity index (χ3v) is 3.71. The average Bonchev–Trinajstić information content (AvgIpc) is 2.28. The van der Waals surface area contributed by atoms with Gasteiger partial charge in [-0.05, 0) is 25.1 Å². The van der Waals surface area contributed by atoms with Crippen molar-refractivity contribution in [1.29, 1.82) is 0 Å². The van der Waals surface area contributed by atoms with Gasteiger partial charge in [0.15, 0.2) is 0 Å². The van der Waals surface area contributed by atoms with Crippen LogP contribution in [0.4, 0.5) is 0 Å². The Morgan fingerprint density at radius 3 is 3.06 bits per heavy atom. The second kappa shape index (κ2) is 4.96. The number of ether oxygens (including phenoxy) is 2. The maximum absolute atomic E-state index is 6.22. The third-order valence-electron chi connectivity index (χ3n) is 3.21. The summed E-state index contributed by atoms with van der Waals surface area (Å²) in [5.74, 6) is 0.894. The highest BCUT2D eigenvalue weighted by Crippen LogP contribution is 2.40. The molecular weight excluding hydrogens is 282 g/mol. The normalized spacial score (nSPS) is 27.4. The summed E-state index contributed by atoms with van der Waals surface area (Å²) < 4.78 is 12.2. The summed E-state index contributed by atoms with van der Waals surface area (Å²) in [5.41, 5.74) is 7.07. The minimum atomic E-state index is -0.226. The second-order valence-corrected chi connectivity index (χ2v) is 5.70. The molecule has 17 heavy (non-hydrogen) atoms. The molecule has 1 aromatic rings. The van der Waals surface area contributed by atoms with E-state index in [1.165, 1.54) is 0 Å². The molecule has 1 heterocycles. The van der Waals surface area contributed by atoms with Crippen LogP contribution >= 0.6 is 15.9 Å².